The summed E-state index contributed by atoms with van der Waals surface area (Å²) in [5.41, 5.74) is 1.90. The minimum Gasteiger partial charge on any atom is -0.223 e. The van der Waals surface area contributed by atoms with Gasteiger partial charge in [-0.3, -0.25) is 0 Å². The molecule has 0 amide bonds. The first-order valence-electron chi connectivity index (χ1n) is 9.77. The van der Waals surface area contributed by atoms with Crippen LogP contribution in [0.1, 0.15) is 25.7 Å². The van der Waals surface area contributed by atoms with E-state index in [0.29, 0.717) is 28.2 Å². The lowest BCUT2D eigenvalue weighted by atomic mass is 9.69. The van der Waals surface area contributed by atoms with E-state index in [2.05, 4.69) is 25.7 Å². The zero-order valence-electron chi connectivity index (χ0n) is 15.4. The molecule has 4 unspecified atom stereocenters. The van der Waals surface area contributed by atoms with Crippen molar-refractivity contribution in [2.75, 3.05) is 0 Å². The van der Waals surface area contributed by atoms with Crippen LogP contribution >= 0.6 is 0 Å². The highest BCUT2D eigenvalue weighted by Crippen LogP contribution is 2.75. The molecule has 6 atom stereocenters. The van der Waals surface area contributed by atoms with Crippen molar-refractivity contribution in [3.05, 3.63) is 42.0 Å². The zero-order valence-corrected chi connectivity index (χ0v) is 17.2. The van der Waals surface area contributed by atoms with Gasteiger partial charge in [0.1, 0.15) is 0 Å². The van der Waals surface area contributed by atoms with Crippen LogP contribution in [0.15, 0.2) is 46.9 Å². The van der Waals surface area contributed by atoms with Crippen molar-refractivity contribution in [2.45, 2.75) is 61.0 Å². The summed E-state index contributed by atoms with van der Waals surface area (Å²) in [5.74, 6) is 1.80. The van der Waals surface area contributed by atoms with Crippen LogP contribution in [-0.2, 0) is 9.84 Å². The summed E-state index contributed by atoms with van der Waals surface area (Å²) in [6.07, 6.45) is 7.46. The number of allylic oxidation sites excluding steroid dienone is 2. The number of hydrogen-bond acceptors (Lipinski definition) is 2. The Bertz CT molecular complexity index is 852. The monoisotopic (exact) mass is 372 g/mol. The third-order valence-corrected chi connectivity index (χ3v) is 13.1. The van der Waals surface area contributed by atoms with Gasteiger partial charge < -0.3 is 0 Å². The second kappa shape index (κ2) is 4.89. The van der Waals surface area contributed by atoms with Crippen molar-refractivity contribution in [1.82, 2.24) is 0 Å². The normalized spacial score (nSPS) is 41.9. The second-order valence-electron chi connectivity index (χ2n) is 9.91. The van der Waals surface area contributed by atoms with E-state index < -0.39 is 17.9 Å². The van der Waals surface area contributed by atoms with E-state index in [9.17, 15) is 8.42 Å². The number of benzene rings is 1. The molecule has 1 aromatic carbocycles. The predicted octanol–water partition coefficient (Wildman–Crippen LogP) is 4.91. The van der Waals surface area contributed by atoms with Crippen LogP contribution in [0.2, 0.25) is 25.2 Å². The quantitative estimate of drug-likeness (QED) is 0.558. The van der Waals surface area contributed by atoms with E-state index in [1.807, 2.05) is 30.3 Å². The number of fused-ring (bicyclic) bond motifs is 4. The van der Waals surface area contributed by atoms with Crippen LogP contribution in [0.3, 0.4) is 0 Å². The van der Waals surface area contributed by atoms with Crippen LogP contribution in [0.25, 0.3) is 0 Å². The van der Waals surface area contributed by atoms with Crippen LogP contribution in [0.4, 0.5) is 0 Å². The highest BCUT2D eigenvalue weighted by Gasteiger charge is 2.72. The lowest BCUT2D eigenvalue weighted by Gasteiger charge is -2.46. The fraction of sp³-hybridized carbons (Fsp3) is 0.619. The summed E-state index contributed by atoms with van der Waals surface area (Å²) >= 11 is 0. The summed E-state index contributed by atoms with van der Waals surface area (Å²) in [5, 5.41) is -0.172. The summed E-state index contributed by atoms with van der Waals surface area (Å²) < 4.78 is 27.8. The molecule has 0 heterocycles. The van der Waals surface area contributed by atoms with Crippen LogP contribution in [-0.4, -0.2) is 21.7 Å². The summed E-state index contributed by atoms with van der Waals surface area (Å²) in [4.78, 5) is 0.548. The molecule has 0 aromatic heterocycles. The first-order chi connectivity index (χ1) is 11.8. The lowest BCUT2D eigenvalue weighted by molar-refractivity contribution is 0.245. The van der Waals surface area contributed by atoms with Crippen molar-refractivity contribution in [1.29, 1.82) is 0 Å². The molecule has 0 aliphatic heterocycles. The van der Waals surface area contributed by atoms with Crippen molar-refractivity contribution in [3.8, 4) is 0 Å². The summed E-state index contributed by atoms with van der Waals surface area (Å²) in [7, 11) is -4.89. The van der Waals surface area contributed by atoms with Gasteiger partial charge in [0.2, 0.25) is 0 Å². The molecule has 4 aliphatic carbocycles. The molecule has 25 heavy (non-hydrogen) atoms. The number of hydrogen-bond donors (Lipinski definition) is 0. The zero-order chi connectivity index (χ0) is 17.6. The summed E-state index contributed by atoms with van der Waals surface area (Å²) in [6, 6.07) is 9.29. The molecule has 0 saturated heterocycles. The van der Waals surface area contributed by atoms with Gasteiger partial charge in [0.15, 0.2) is 9.84 Å². The van der Waals surface area contributed by atoms with Crippen LogP contribution in [0, 0.1) is 23.2 Å². The van der Waals surface area contributed by atoms with Crippen molar-refractivity contribution >= 4 is 17.9 Å². The van der Waals surface area contributed by atoms with Crippen molar-refractivity contribution < 1.29 is 8.42 Å². The highest BCUT2D eigenvalue weighted by atomic mass is 32.2. The van der Waals surface area contributed by atoms with Gasteiger partial charge in [0.05, 0.1) is 10.1 Å². The Morgan fingerprint density at radius 3 is 2.48 bits per heavy atom. The maximum atomic E-state index is 13.9. The highest BCUT2D eigenvalue weighted by molar-refractivity contribution is 7.92. The molecular formula is C21H28O2SSi. The van der Waals surface area contributed by atoms with Gasteiger partial charge in [-0.25, -0.2) is 8.42 Å². The predicted molar refractivity (Wildman–Crippen MR) is 104 cm³/mol. The Kier molecular flexibility index (Phi) is 3.19. The van der Waals surface area contributed by atoms with Gasteiger partial charge >= 0.3 is 0 Å². The van der Waals surface area contributed by atoms with Crippen LogP contribution < -0.4 is 0 Å². The Balaban J connectivity index is 1.72. The molecule has 3 fully saturated rings. The molecule has 134 valence electrons. The van der Waals surface area contributed by atoms with E-state index in [1.54, 1.807) is 5.57 Å². The van der Waals surface area contributed by atoms with Gasteiger partial charge in [-0.2, -0.15) is 0 Å². The maximum absolute atomic E-state index is 13.9. The molecule has 4 heteroatoms. The molecule has 4 aliphatic rings. The van der Waals surface area contributed by atoms with Gasteiger partial charge in [-0.05, 0) is 61.1 Å². The molecule has 5 rings (SSSR count). The van der Waals surface area contributed by atoms with Crippen molar-refractivity contribution in [3.63, 3.8) is 0 Å². The molecule has 1 aromatic rings. The third kappa shape index (κ3) is 1.93. The molecule has 1 spiro atoms. The van der Waals surface area contributed by atoms with Gasteiger partial charge in [0.25, 0.3) is 0 Å². The smallest absolute Gasteiger partial charge is 0.182 e. The Labute approximate surface area is 152 Å². The molecule has 2 nitrogen and oxygen atoms in total. The average molecular weight is 373 g/mol. The molecule has 4 bridgehead atoms. The third-order valence-electron chi connectivity index (χ3n) is 7.81. The van der Waals surface area contributed by atoms with Gasteiger partial charge in [-0.1, -0.05) is 49.5 Å². The van der Waals surface area contributed by atoms with Gasteiger partial charge in [0, 0.05) is 13.5 Å². The van der Waals surface area contributed by atoms with E-state index in [-0.39, 0.29) is 10.7 Å². The Hall–Kier alpha value is -0.873. The molecule has 3 saturated carbocycles. The van der Waals surface area contributed by atoms with E-state index >= 15 is 0 Å². The minimum atomic E-state index is -3.29. The maximum Gasteiger partial charge on any atom is 0.182 e. The van der Waals surface area contributed by atoms with Gasteiger partial charge in [-0.15, -0.1) is 0 Å². The standard InChI is InChI=1S/C21H28O2SSi/c1-25(2,3)19-15-12-18-14-9-10-16(11-14)21(18,13-15)20(19)24(22,23)17-7-5-4-6-8-17/h4-8,12,14-16,19-20H,9-11,13H2,1-3H3/t14?,15?,16?,19-,20+,21?/m0/s1. The first kappa shape index (κ1) is 16.3. The molecular weight excluding hydrogens is 344 g/mol. The lowest BCUT2D eigenvalue weighted by Crippen LogP contribution is -2.49. The molecule has 0 radical (unpaired) electrons. The number of rotatable bonds is 3. The Morgan fingerprint density at radius 1 is 1.08 bits per heavy atom. The molecule has 0 N–H and O–H groups in total. The fourth-order valence-electron chi connectivity index (χ4n) is 7.21. The number of sulfone groups is 1. The van der Waals surface area contributed by atoms with E-state index in [0.717, 1.165) is 6.42 Å². The largest absolute Gasteiger partial charge is 0.223 e. The topological polar surface area (TPSA) is 34.1 Å². The minimum absolute atomic E-state index is 0.0206. The van der Waals surface area contributed by atoms with Crippen molar-refractivity contribution in [2.24, 2.45) is 23.2 Å². The summed E-state index contributed by atoms with van der Waals surface area (Å²) in [6.45, 7) is 7.13. The fourth-order valence-corrected chi connectivity index (χ4v) is 14.1. The Morgan fingerprint density at radius 2 is 1.80 bits per heavy atom. The van der Waals surface area contributed by atoms with E-state index in [4.69, 9.17) is 0 Å². The SMILES string of the molecule is C[Si](C)(C)[C@H]1C2C=C3C4CCC(C4)C3(C2)[C@@H]1S(=O)(=O)c1ccccc1. The van der Waals surface area contributed by atoms with E-state index in [1.165, 1.54) is 19.3 Å². The first-order valence-corrected chi connectivity index (χ1v) is 14.9. The average Bonchev–Trinajstić information content (AvgIpc) is 3.29. The van der Waals surface area contributed by atoms with Crippen LogP contribution in [0.5, 0.6) is 0 Å². The second-order valence-corrected chi connectivity index (χ2v) is 17.4.